The lowest BCUT2D eigenvalue weighted by Crippen LogP contribution is -2.14. The lowest BCUT2D eigenvalue weighted by atomic mass is 9.86. The first-order chi connectivity index (χ1) is 9.02. The molecule has 1 aromatic carbocycles. The Morgan fingerprint density at radius 3 is 2.37 bits per heavy atom. The van der Waals surface area contributed by atoms with Crippen LogP contribution in [-0.4, -0.2) is 12.4 Å². The molecule has 0 N–H and O–H groups in total. The van der Waals surface area contributed by atoms with Crippen LogP contribution in [0.1, 0.15) is 58.4 Å². The molecule has 19 heavy (non-hydrogen) atoms. The van der Waals surface area contributed by atoms with Gasteiger partial charge in [0.2, 0.25) is 0 Å². The second-order valence-electron chi connectivity index (χ2n) is 6.46. The fourth-order valence-electron chi connectivity index (χ4n) is 2.77. The van der Waals surface area contributed by atoms with Gasteiger partial charge in [0, 0.05) is 15.7 Å². The first-order valence-electron chi connectivity index (χ1n) is 7.36. The molecule has 1 aromatic rings. The predicted molar refractivity (Wildman–Crippen MR) is 84.4 cm³/mol. The quantitative estimate of drug-likeness (QED) is 0.730. The van der Waals surface area contributed by atoms with Gasteiger partial charge in [0.25, 0.3) is 0 Å². The third kappa shape index (κ3) is 3.68. The third-order valence-corrected chi connectivity index (χ3v) is 5.22. The van der Waals surface area contributed by atoms with Gasteiger partial charge in [0.15, 0.2) is 0 Å². The maximum absolute atomic E-state index is 5.72. The van der Waals surface area contributed by atoms with Gasteiger partial charge in [0.1, 0.15) is 5.75 Å². The number of methoxy groups -OCH3 is 1. The summed E-state index contributed by atoms with van der Waals surface area (Å²) in [5.74, 6) is 1.09. The highest BCUT2D eigenvalue weighted by molar-refractivity contribution is 8.00. The smallest absolute Gasteiger partial charge is 0.136 e. The fraction of sp³-hybridized carbons (Fsp3) is 0.647. The summed E-state index contributed by atoms with van der Waals surface area (Å²) in [7, 11) is 1.80. The van der Waals surface area contributed by atoms with Gasteiger partial charge in [-0.2, -0.15) is 0 Å². The van der Waals surface area contributed by atoms with Crippen LogP contribution in [0, 0.1) is 0 Å². The van der Waals surface area contributed by atoms with Crippen molar-refractivity contribution in [2.24, 2.45) is 0 Å². The van der Waals surface area contributed by atoms with E-state index in [0.29, 0.717) is 0 Å². The van der Waals surface area contributed by atoms with Gasteiger partial charge in [-0.3, -0.25) is 0 Å². The standard InChI is InChI=1S/C17H26OS/c1-17(2,3)14-11-8-12-15(16(14)18-4)19-13-9-6-5-7-10-13/h8,11-13H,5-7,9-10H2,1-4H3. The van der Waals surface area contributed by atoms with E-state index in [4.69, 9.17) is 4.74 Å². The Kier molecular flexibility index (Phi) is 4.83. The molecule has 0 atom stereocenters. The summed E-state index contributed by atoms with van der Waals surface area (Å²) in [6.45, 7) is 6.75. The average Bonchev–Trinajstić information content (AvgIpc) is 2.38. The van der Waals surface area contributed by atoms with Gasteiger partial charge in [-0.05, 0) is 24.3 Å². The van der Waals surface area contributed by atoms with Crippen LogP contribution >= 0.6 is 11.8 Å². The molecule has 106 valence electrons. The molecule has 2 heteroatoms. The minimum Gasteiger partial charge on any atom is -0.495 e. The summed E-state index contributed by atoms with van der Waals surface area (Å²) in [5, 5.41) is 0.776. The molecular formula is C17H26OS. The third-order valence-electron chi connectivity index (χ3n) is 3.84. The number of hydrogen-bond donors (Lipinski definition) is 0. The van der Waals surface area contributed by atoms with Gasteiger partial charge in [-0.15, -0.1) is 11.8 Å². The lowest BCUT2D eigenvalue weighted by molar-refractivity contribution is 0.387. The maximum Gasteiger partial charge on any atom is 0.136 e. The molecule has 0 aliphatic heterocycles. The van der Waals surface area contributed by atoms with E-state index in [2.05, 4.69) is 39.0 Å². The molecule has 0 radical (unpaired) electrons. The molecule has 0 saturated heterocycles. The lowest BCUT2D eigenvalue weighted by Gasteiger charge is -2.26. The molecule has 1 aliphatic carbocycles. The molecule has 0 bridgehead atoms. The summed E-state index contributed by atoms with van der Waals surface area (Å²) in [4.78, 5) is 1.32. The Morgan fingerprint density at radius 2 is 1.79 bits per heavy atom. The predicted octanol–water partition coefficient (Wildman–Crippen LogP) is 5.42. The summed E-state index contributed by atoms with van der Waals surface area (Å²) in [6.07, 6.45) is 6.90. The molecule has 0 aromatic heterocycles. The van der Waals surface area contributed by atoms with Gasteiger partial charge >= 0.3 is 0 Å². The normalized spacial score (nSPS) is 17.5. The highest BCUT2D eigenvalue weighted by atomic mass is 32.2. The zero-order chi connectivity index (χ0) is 13.9. The van der Waals surface area contributed by atoms with Crippen LogP contribution < -0.4 is 4.74 Å². The van der Waals surface area contributed by atoms with Gasteiger partial charge in [-0.25, -0.2) is 0 Å². The van der Waals surface area contributed by atoms with Crippen LogP contribution in [0.2, 0.25) is 0 Å². The Morgan fingerprint density at radius 1 is 1.11 bits per heavy atom. The van der Waals surface area contributed by atoms with E-state index in [1.165, 1.54) is 42.6 Å². The maximum atomic E-state index is 5.72. The topological polar surface area (TPSA) is 9.23 Å². The number of para-hydroxylation sites is 1. The highest BCUT2D eigenvalue weighted by Crippen LogP contribution is 2.42. The minimum absolute atomic E-state index is 0.133. The molecule has 0 heterocycles. The van der Waals surface area contributed by atoms with Crippen LogP contribution in [0.5, 0.6) is 5.75 Å². The minimum atomic E-state index is 0.133. The van der Waals surface area contributed by atoms with E-state index < -0.39 is 0 Å². The van der Waals surface area contributed by atoms with Crippen LogP contribution in [0.25, 0.3) is 0 Å². The second kappa shape index (κ2) is 6.21. The van der Waals surface area contributed by atoms with E-state index in [0.717, 1.165) is 11.0 Å². The van der Waals surface area contributed by atoms with Gasteiger partial charge in [-0.1, -0.05) is 52.2 Å². The average molecular weight is 278 g/mol. The number of thioether (sulfide) groups is 1. The fourth-order valence-corrected chi connectivity index (χ4v) is 4.16. The van der Waals surface area contributed by atoms with Crippen molar-refractivity contribution in [2.75, 3.05) is 7.11 Å². The molecule has 0 spiro atoms. The van der Waals surface area contributed by atoms with E-state index >= 15 is 0 Å². The molecule has 2 rings (SSSR count). The Balaban J connectivity index is 2.24. The monoisotopic (exact) mass is 278 g/mol. The zero-order valence-electron chi connectivity index (χ0n) is 12.7. The van der Waals surface area contributed by atoms with Crippen molar-refractivity contribution in [1.29, 1.82) is 0 Å². The first kappa shape index (κ1) is 14.8. The van der Waals surface area contributed by atoms with E-state index in [1.54, 1.807) is 7.11 Å². The van der Waals surface area contributed by atoms with Crippen LogP contribution in [0.15, 0.2) is 23.1 Å². The Bertz CT molecular complexity index is 414. The largest absolute Gasteiger partial charge is 0.495 e. The van der Waals surface area contributed by atoms with Crippen LogP contribution in [0.3, 0.4) is 0 Å². The van der Waals surface area contributed by atoms with E-state index in [9.17, 15) is 0 Å². The molecule has 1 fully saturated rings. The number of hydrogen-bond acceptors (Lipinski definition) is 2. The van der Waals surface area contributed by atoms with Crippen LogP contribution in [0.4, 0.5) is 0 Å². The Hall–Kier alpha value is -0.630. The van der Waals surface area contributed by atoms with Gasteiger partial charge < -0.3 is 4.74 Å². The highest BCUT2D eigenvalue weighted by Gasteiger charge is 2.23. The van der Waals surface area contributed by atoms with E-state index in [1.807, 2.05) is 11.8 Å². The molecular weight excluding hydrogens is 252 g/mol. The Labute approximate surface area is 122 Å². The van der Waals surface area contributed by atoms with Crippen molar-refractivity contribution in [3.8, 4) is 5.75 Å². The van der Waals surface area contributed by atoms with Crippen molar-refractivity contribution >= 4 is 11.8 Å². The molecule has 1 saturated carbocycles. The molecule has 1 aliphatic rings. The summed E-state index contributed by atoms with van der Waals surface area (Å²) < 4.78 is 5.72. The van der Waals surface area contributed by atoms with Crippen molar-refractivity contribution in [2.45, 2.75) is 68.4 Å². The van der Waals surface area contributed by atoms with E-state index in [-0.39, 0.29) is 5.41 Å². The second-order valence-corrected chi connectivity index (χ2v) is 7.81. The molecule has 1 nitrogen and oxygen atoms in total. The zero-order valence-corrected chi connectivity index (χ0v) is 13.5. The van der Waals surface area contributed by atoms with Crippen molar-refractivity contribution in [3.63, 3.8) is 0 Å². The van der Waals surface area contributed by atoms with Crippen LogP contribution in [-0.2, 0) is 5.41 Å². The summed E-state index contributed by atoms with van der Waals surface area (Å²) >= 11 is 2.02. The number of rotatable bonds is 3. The SMILES string of the molecule is COc1c(SC2CCCCC2)cccc1C(C)(C)C. The number of benzene rings is 1. The summed E-state index contributed by atoms with van der Waals surface area (Å²) in [5.41, 5.74) is 1.45. The van der Waals surface area contributed by atoms with Gasteiger partial charge in [0.05, 0.1) is 7.11 Å². The van der Waals surface area contributed by atoms with Crippen molar-refractivity contribution in [3.05, 3.63) is 23.8 Å². The number of ether oxygens (including phenoxy) is 1. The molecule has 0 amide bonds. The molecule has 0 unspecified atom stereocenters. The summed E-state index contributed by atoms with van der Waals surface area (Å²) in [6, 6.07) is 6.59. The van der Waals surface area contributed by atoms with Crippen molar-refractivity contribution in [1.82, 2.24) is 0 Å². The first-order valence-corrected chi connectivity index (χ1v) is 8.24. The van der Waals surface area contributed by atoms with Crippen molar-refractivity contribution < 1.29 is 4.74 Å².